The number of rotatable bonds is 4. The minimum absolute atomic E-state index is 0.202. The number of anilines is 2. The summed E-state index contributed by atoms with van der Waals surface area (Å²) in [6.45, 7) is 8.31. The van der Waals surface area contributed by atoms with Gasteiger partial charge in [-0.25, -0.2) is 4.79 Å². The molecule has 0 bridgehead atoms. The van der Waals surface area contributed by atoms with E-state index in [1.54, 1.807) is 6.08 Å². The number of benzene rings is 1. The van der Waals surface area contributed by atoms with Gasteiger partial charge in [0, 0.05) is 42.5 Å². The average Bonchev–Trinajstić information content (AvgIpc) is 2.46. The van der Waals surface area contributed by atoms with Gasteiger partial charge in [-0.05, 0) is 30.7 Å². The Balaban J connectivity index is 2.01. The van der Waals surface area contributed by atoms with Gasteiger partial charge in [-0.2, -0.15) is 11.8 Å². The molecule has 1 heterocycles. The van der Waals surface area contributed by atoms with Crippen molar-refractivity contribution in [2.24, 2.45) is 0 Å². The molecule has 0 unspecified atom stereocenters. The second-order valence-corrected chi connectivity index (χ2v) is 5.95. The van der Waals surface area contributed by atoms with Gasteiger partial charge in [0.1, 0.15) is 0 Å². The fourth-order valence-corrected chi connectivity index (χ4v) is 3.14. The number of hydrogen-bond acceptors (Lipinski definition) is 3. The number of carbonyl (C=O) groups is 1. The van der Waals surface area contributed by atoms with Gasteiger partial charge in [0.15, 0.2) is 0 Å². The molecule has 1 aliphatic heterocycles. The smallest absolute Gasteiger partial charge is 0.319 e. The number of thioether (sulfide) groups is 1. The Morgan fingerprint density at radius 3 is 2.85 bits per heavy atom. The van der Waals surface area contributed by atoms with Crippen molar-refractivity contribution in [2.75, 3.05) is 41.4 Å². The maximum Gasteiger partial charge on any atom is 0.319 e. The number of carbonyl (C=O) groups excluding carboxylic acids is 1. The van der Waals surface area contributed by atoms with E-state index in [0.29, 0.717) is 6.54 Å². The zero-order valence-corrected chi connectivity index (χ0v) is 12.6. The van der Waals surface area contributed by atoms with Crippen LogP contribution in [0.2, 0.25) is 0 Å². The molecule has 1 aliphatic rings. The first-order chi connectivity index (χ1) is 9.70. The summed E-state index contributed by atoms with van der Waals surface area (Å²) in [5.41, 5.74) is 3.28. The molecule has 20 heavy (non-hydrogen) atoms. The lowest BCUT2D eigenvalue weighted by molar-refractivity contribution is 0.253. The fraction of sp³-hybridized carbons (Fsp3) is 0.400. The van der Waals surface area contributed by atoms with E-state index in [1.807, 2.05) is 23.9 Å². The predicted molar refractivity (Wildman–Crippen MR) is 87.9 cm³/mol. The molecule has 1 saturated heterocycles. The molecule has 0 aromatic heterocycles. The van der Waals surface area contributed by atoms with Crippen LogP contribution in [0, 0.1) is 6.92 Å². The van der Waals surface area contributed by atoms with Crippen molar-refractivity contribution in [1.29, 1.82) is 0 Å². The zero-order valence-electron chi connectivity index (χ0n) is 11.8. The molecular formula is C15H21N3OS. The van der Waals surface area contributed by atoms with E-state index in [9.17, 15) is 4.79 Å². The molecule has 0 atom stereocenters. The highest BCUT2D eigenvalue weighted by molar-refractivity contribution is 7.99. The van der Waals surface area contributed by atoms with E-state index in [0.717, 1.165) is 18.8 Å². The zero-order chi connectivity index (χ0) is 14.4. The second-order valence-electron chi connectivity index (χ2n) is 4.72. The number of nitrogens with zero attached hydrogens (tertiary/aromatic N) is 1. The van der Waals surface area contributed by atoms with E-state index in [1.165, 1.54) is 22.8 Å². The molecule has 2 amide bonds. The van der Waals surface area contributed by atoms with E-state index in [2.05, 4.69) is 35.1 Å². The first-order valence-corrected chi connectivity index (χ1v) is 7.95. The summed E-state index contributed by atoms with van der Waals surface area (Å²) in [7, 11) is 0. The molecule has 1 fully saturated rings. The van der Waals surface area contributed by atoms with Crippen LogP contribution in [-0.2, 0) is 0 Å². The Bertz CT molecular complexity index is 484. The summed E-state index contributed by atoms with van der Waals surface area (Å²) in [5, 5.41) is 5.52. The monoisotopic (exact) mass is 291 g/mol. The summed E-state index contributed by atoms with van der Waals surface area (Å²) < 4.78 is 0. The third kappa shape index (κ3) is 3.93. The molecule has 1 aromatic rings. The lowest BCUT2D eigenvalue weighted by Gasteiger charge is -2.30. The minimum atomic E-state index is -0.202. The fourth-order valence-electron chi connectivity index (χ4n) is 2.23. The van der Waals surface area contributed by atoms with Crippen molar-refractivity contribution in [3.63, 3.8) is 0 Å². The van der Waals surface area contributed by atoms with Crippen molar-refractivity contribution in [3.8, 4) is 0 Å². The van der Waals surface area contributed by atoms with Gasteiger partial charge in [-0.1, -0.05) is 6.08 Å². The molecule has 5 heteroatoms. The van der Waals surface area contributed by atoms with Crippen LogP contribution in [0.1, 0.15) is 5.56 Å². The van der Waals surface area contributed by atoms with Crippen LogP contribution in [0.5, 0.6) is 0 Å². The molecule has 0 saturated carbocycles. The van der Waals surface area contributed by atoms with Gasteiger partial charge in [-0.15, -0.1) is 6.58 Å². The number of aryl methyl sites for hydroxylation is 1. The van der Waals surface area contributed by atoms with Crippen LogP contribution in [-0.4, -0.2) is 37.2 Å². The van der Waals surface area contributed by atoms with Gasteiger partial charge in [0.25, 0.3) is 0 Å². The normalized spacial score (nSPS) is 14.8. The highest BCUT2D eigenvalue weighted by Crippen LogP contribution is 2.25. The Morgan fingerprint density at radius 2 is 2.20 bits per heavy atom. The lowest BCUT2D eigenvalue weighted by Crippen LogP contribution is -2.33. The lowest BCUT2D eigenvalue weighted by atomic mass is 10.1. The number of urea groups is 1. The van der Waals surface area contributed by atoms with E-state index in [4.69, 9.17) is 0 Å². The van der Waals surface area contributed by atoms with Crippen molar-refractivity contribution in [2.45, 2.75) is 6.92 Å². The maximum atomic E-state index is 11.6. The minimum Gasteiger partial charge on any atom is -0.370 e. The van der Waals surface area contributed by atoms with Crippen molar-refractivity contribution in [1.82, 2.24) is 5.32 Å². The summed E-state index contributed by atoms with van der Waals surface area (Å²) in [4.78, 5) is 14.0. The Labute approximate surface area is 124 Å². The van der Waals surface area contributed by atoms with Crippen molar-refractivity contribution in [3.05, 3.63) is 36.4 Å². The van der Waals surface area contributed by atoms with Gasteiger partial charge in [-0.3, -0.25) is 0 Å². The Kier molecular flexibility index (Phi) is 5.35. The Morgan fingerprint density at radius 1 is 1.45 bits per heavy atom. The second kappa shape index (κ2) is 7.24. The summed E-state index contributed by atoms with van der Waals surface area (Å²) in [6.07, 6.45) is 1.66. The number of amides is 2. The molecule has 108 valence electrons. The van der Waals surface area contributed by atoms with Crippen LogP contribution in [0.15, 0.2) is 30.9 Å². The molecule has 2 N–H and O–H groups in total. The molecule has 0 spiro atoms. The third-order valence-corrected chi connectivity index (χ3v) is 4.16. The standard InChI is InChI=1S/C15H21N3OS/c1-3-6-16-15(19)17-13-4-5-14(12(2)11-13)18-7-9-20-10-8-18/h3-5,11H,1,6-10H2,2H3,(H2,16,17,19). The number of nitrogens with one attached hydrogen (secondary N) is 2. The highest BCUT2D eigenvalue weighted by Gasteiger charge is 2.13. The van der Waals surface area contributed by atoms with E-state index in [-0.39, 0.29) is 6.03 Å². The summed E-state index contributed by atoms with van der Waals surface area (Å²) in [6, 6.07) is 5.86. The van der Waals surface area contributed by atoms with Crippen LogP contribution in [0.4, 0.5) is 16.2 Å². The van der Waals surface area contributed by atoms with Crippen LogP contribution < -0.4 is 15.5 Å². The predicted octanol–water partition coefficient (Wildman–Crippen LogP) is 2.86. The maximum absolute atomic E-state index is 11.6. The van der Waals surface area contributed by atoms with Crippen LogP contribution in [0.3, 0.4) is 0 Å². The SMILES string of the molecule is C=CCNC(=O)Nc1ccc(N2CCSCC2)c(C)c1. The molecule has 2 rings (SSSR count). The first kappa shape index (κ1) is 14.8. The topological polar surface area (TPSA) is 44.4 Å². The molecular weight excluding hydrogens is 270 g/mol. The third-order valence-electron chi connectivity index (χ3n) is 3.21. The molecule has 0 radical (unpaired) electrons. The van der Waals surface area contributed by atoms with E-state index < -0.39 is 0 Å². The van der Waals surface area contributed by atoms with Gasteiger partial charge in [0.05, 0.1) is 0 Å². The van der Waals surface area contributed by atoms with Crippen LogP contribution >= 0.6 is 11.8 Å². The quantitative estimate of drug-likeness (QED) is 0.838. The molecule has 0 aliphatic carbocycles. The summed E-state index contributed by atoms with van der Waals surface area (Å²) >= 11 is 2.00. The largest absolute Gasteiger partial charge is 0.370 e. The molecule has 1 aromatic carbocycles. The first-order valence-electron chi connectivity index (χ1n) is 6.80. The van der Waals surface area contributed by atoms with E-state index >= 15 is 0 Å². The van der Waals surface area contributed by atoms with Gasteiger partial charge in [0.2, 0.25) is 0 Å². The Hall–Kier alpha value is -1.62. The van der Waals surface area contributed by atoms with Crippen LogP contribution in [0.25, 0.3) is 0 Å². The van der Waals surface area contributed by atoms with Gasteiger partial charge < -0.3 is 15.5 Å². The van der Waals surface area contributed by atoms with Crippen molar-refractivity contribution >= 4 is 29.2 Å². The highest BCUT2D eigenvalue weighted by atomic mass is 32.2. The van der Waals surface area contributed by atoms with Gasteiger partial charge >= 0.3 is 6.03 Å². The van der Waals surface area contributed by atoms with Crippen molar-refractivity contribution < 1.29 is 4.79 Å². The average molecular weight is 291 g/mol. The summed E-state index contributed by atoms with van der Waals surface area (Å²) in [5.74, 6) is 2.37. The number of hydrogen-bond donors (Lipinski definition) is 2. The molecule has 4 nitrogen and oxygen atoms in total.